The number of carbonyl (C=O) groups excluding carboxylic acids is 2. The van der Waals surface area contributed by atoms with Crippen LogP contribution >= 0.6 is 0 Å². The van der Waals surface area contributed by atoms with Crippen molar-refractivity contribution in [3.8, 4) is 0 Å². The average Bonchev–Trinajstić information content (AvgIpc) is 3.52. The molecule has 0 unspecified atom stereocenters. The highest BCUT2D eigenvalue weighted by Gasteiger charge is 2.44. The van der Waals surface area contributed by atoms with E-state index < -0.39 is 17.5 Å². The van der Waals surface area contributed by atoms with Crippen LogP contribution in [0.4, 0.5) is 14.5 Å². The molecule has 4 nitrogen and oxygen atoms in total. The van der Waals surface area contributed by atoms with E-state index >= 15 is 0 Å². The summed E-state index contributed by atoms with van der Waals surface area (Å²) in [7, 11) is 0. The first-order valence-corrected chi connectivity index (χ1v) is 9.33. The van der Waals surface area contributed by atoms with Crippen molar-refractivity contribution in [2.75, 3.05) is 18.4 Å². The molecule has 0 bridgehead atoms. The van der Waals surface area contributed by atoms with E-state index in [1.54, 1.807) is 0 Å². The van der Waals surface area contributed by atoms with Crippen molar-refractivity contribution in [3.63, 3.8) is 0 Å². The van der Waals surface area contributed by atoms with E-state index in [4.69, 9.17) is 0 Å². The van der Waals surface area contributed by atoms with Crippen molar-refractivity contribution >= 4 is 17.5 Å². The Morgan fingerprint density at radius 3 is 2.54 bits per heavy atom. The number of hydrogen-bond donors (Lipinski definition) is 1. The zero-order chi connectivity index (χ0) is 19.7. The zero-order valence-electron chi connectivity index (χ0n) is 15.2. The molecule has 2 aromatic carbocycles. The van der Waals surface area contributed by atoms with Gasteiger partial charge in [0.2, 0.25) is 5.91 Å². The summed E-state index contributed by atoms with van der Waals surface area (Å²) in [6.07, 6.45) is 5.17. The van der Waals surface area contributed by atoms with Crippen LogP contribution in [0.3, 0.4) is 0 Å². The van der Waals surface area contributed by atoms with Gasteiger partial charge < -0.3 is 10.2 Å². The molecule has 0 saturated heterocycles. The number of hydrogen-bond acceptors (Lipinski definition) is 2. The van der Waals surface area contributed by atoms with Crippen molar-refractivity contribution in [1.82, 2.24) is 4.90 Å². The predicted octanol–water partition coefficient (Wildman–Crippen LogP) is 4.11. The Balaban J connectivity index is 1.49. The minimum atomic E-state index is -0.927. The van der Waals surface area contributed by atoms with Crippen LogP contribution in [-0.2, 0) is 4.79 Å². The summed E-state index contributed by atoms with van der Waals surface area (Å²) in [6, 6.07) is 11.4. The molecule has 1 heterocycles. The topological polar surface area (TPSA) is 49.4 Å². The highest BCUT2D eigenvalue weighted by atomic mass is 19.1. The molecule has 28 heavy (non-hydrogen) atoms. The van der Waals surface area contributed by atoms with Gasteiger partial charge in [0.25, 0.3) is 5.91 Å². The Morgan fingerprint density at radius 2 is 1.82 bits per heavy atom. The first-order valence-electron chi connectivity index (χ1n) is 9.33. The van der Waals surface area contributed by atoms with Gasteiger partial charge in [-0.2, -0.15) is 0 Å². The number of carbonyl (C=O) groups is 2. The van der Waals surface area contributed by atoms with Gasteiger partial charge in [-0.1, -0.05) is 42.5 Å². The second-order valence-electron chi connectivity index (χ2n) is 7.17. The third-order valence-corrected chi connectivity index (χ3v) is 5.25. The first-order chi connectivity index (χ1) is 13.5. The molecule has 2 aromatic rings. The third-order valence-electron chi connectivity index (χ3n) is 5.25. The fourth-order valence-electron chi connectivity index (χ4n) is 3.58. The molecular weight excluding hydrogens is 362 g/mol. The Hall–Kier alpha value is -3.02. The number of rotatable bonds is 4. The fourth-order valence-corrected chi connectivity index (χ4v) is 3.58. The molecule has 2 amide bonds. The molecule has 2 aliphatic rings. The van der Waals surface area contributed by atoms with Crippen LogP contribution in [0.5, 0.6) is 0 Å². The maximum Gasteiger partial charge on any atom is 0.257 e. The summed E-state index contributed by atoms with van der Waals surface area (Å²) in [5.74, 6) is -2.80. The number of nitrogens with one attached hydrogen (secondary N) is 1. The van der Waals surface area contributed by atoms with Crippen molar-refractivity contribution in [2.45, 2.75) is 18.8 Å². The lowest BCUT2D eigenvalue weighted by Crippen LogP contribution is -2.34. The van der Waals surface area contributed by atoms with Crippen LogP contribution < -0.4 is 5.32 Å². The molecule has 0 spiro atoms. The average molecular weight is 382 g/mol. The molecule has 1 N–H and O–H groups in total. The highest BCUT2D eigenvalue weighted by Crippen LogP contribution is 2.48. The lowest BCUT2D eigenvalue weighted by Gasteiger charge is -2.24. The Bertz CT molecular complexity index is 943. The quantitative estimate of drug-likeness (QED) is 0.809. The van der Waals surface area contributed by atoms with Crippen LogP contribution in [-0.4, -0.2) is 29.8 Å². The van der Waals surface area contributed by atoms with Gasteiger partial charge in [0, 0.05) is 25.1 Å². The monoisotopic (exact) mass is 382 g/mol. The van der Waals surface area contributed by atoms with Crippen molar-refractivity contribution in [3.05, 3.63) is 77.4 Å². The largest absolute Gasteiger partial charge is 0.335 e. The summed E-state index contributed by atoms with van der Waals surface area (Å²) in [5.41, 5.74) is 0.666. The van der Waals surface area contributed by atoms with Gasteiger partial charge in [-0.15, -0.1) is 0 Å². The minimum Gasteiger partial charge on any atom is -0.335 e. The molecule has 144 valence electrons. The van der Waals surface area contributed by atoms with Crippen molar-refractivity contribution in [2.24, 2.45) is 5.92 Å². The molecule has 2 atom stereocenters. The summed E-state index contributed by atoms with van der Waals surface area (Å²) >= 11 is 0. The third kappa shape index (κ3) is 3.67. The number of halogens is 2. The van der Waals surface area contributed by atoms with Crippen LogP contribution in [0.2, 0.25) is 0 Å². The molecule has 4 rings (SSSR count). The molecule has 1 saturated carbocycles. The molecule has 1 aliphatic heterocycles. The van der Waals surface area contributed by atoms with Gasteiger partial charge >= 0.3 is 0 Å². The van der Waals surface area contributed by atoms with Crippen LogP contribution in [0, 0.1) is 17.6 Å². The normalized spacial score (nSPS) is 20.7. The zero-order valence-corrected chi connectivity index (χ0v) is 15.2. The SMILES string of the molecule is O=C(Nc1cc(C(=O)N2CC=CCC2)c(F)cc1F)[C@@H]1C[C@H]1c1ccccc1. The van der Waals surface area contributed by atoms with E-state index in [0.717, 1.165) is 11.6 Å². The van der Waals surface area contributed by atoms with Crippen LogP contribution in [0.1, 0.15) is 34.7 Å². The summed E-state index contributed by atoms with van der Waals surface area (Å²) in [4.78, 5) is 26.6. The molecule has 0 radical (unpaired) electrons. The standard InChI is InChI=1S/C22H20F2N2O2/c23-18-13-19(24)20(12-17(18)22(28)26-9-5-2-6-10-26)25-21(27)16-11-15(16)14-7-3-1-4-8-14/h1-5,7-8,12-13,15-16H,6,9-11H2,(H,25,27)/t15-,16+/m0/s1. The highest BCUT2D eigenvalue weighted by molar-refractivity contribution is 5.99. The molecule has 6 heteroatoms. The molecular formula is C22H20F2N2O2. The number of anilines is 1. The van der Waals surface area contributed by atoms with Crippen LogP contribution in [0.15, 0.2) is 54.6 Å². The van der Waals surface area contributed by atoms with E-state index in [-0.39, 0.29) is 29.0 Å². The first kappa shape index (κ1) is 18.3. The van der Waals surface area contributed by atoms with Crippen molar-refractivity contribution < 1.29 is 18.4 Å². The van der Waals surface area contributed by atoms with Gasteiger partial charge in [0.15, 0.2) is 0 Å². The fraction of sp³-hybridized carbons (Fsp3) is 0.273. The van der Waals surface area contributed by atoms with Crippen molar-refractivity contribution in [1.29, 1.82) is 0 Å². The van der Waals surface area contributed by atoms with Gasteiger partial charge in [-0.05, 0) is 30.4 Å². The molecule has 1 fully saturated rings. The second kappa shape index (κ2) is 7.54. The summed E-state index contributed by atoms with van der Waals surface area (Å²) in [6.45, 7) is 0.868. The van der Waals surface area contributed by atoms with E-state index in [1.165, 1.54) is 4.90 Å². The number of amides is 2. The molecule has 0 aromatic heterocycles. The van der Waals surface area contributed by atoms with E-state index in [9.17, 15) is 18.4 Å². The lowest BCUT2D eigenvalue weighted by molar-refractivity contribution is -0.117. The van der Waals surface area contributed by atoms with Gasteiger partial charge in [-0.3, -0.25) is 9.59 Å². The van der Waals surface area contributed by atoms with Crippen LogP contribution in [0.25, 0.3) is 0 Å². The number of benzene rings is 2. The smallest absolute Gasteiger partial charge is 0.257 e. The van der Waals surface area contributed by atoms with Gasteiger partial charge in [0.1, 0.15) is 11.6 Å². The van der Waals surface area contributed by atoms with Gasteiger partial charge in [-0.25, -0.2) is 8.78 Å². The Kier molecular flexibility index (Phi) is 4.94. The second-order valence-corrected chi connectivity index (χ2v) is 7.17. The maximum atomic E-state index is 14.2. The summed E-state index contributed by atoms with van der Waals surface area (Å²) < 4.78 is 28.4. The van der Waals surface area contributed by atoms with E-state index in [1.807, 2.05) is 42.5 Å². The maximum absolute atomic E-state index is 14.2. The van der Waals surface area contributed by atoms with E-state index in [0.29, 0.717) is 32.0 Å². The molecule has 1 aliphatic carbocycles. The lowest BCUT2D eigenvalue weighted by atomic mass is 10.1. The predicted molar refractivity (Wildman–Crippen MR) is 102 cm³/mol. The Labute approximate surface area is 161 Å². The van der Waals surface area contributed by atoms with Gasteiger partial charge in [0.05, 0.1) is 11.3 Å². The minimum absolute atomic E-state index is 0.103. The Morgan fingerprint density at radius 1 is 1.04 bits per heavy atom. The van der Waals surface area contributed by atoms with E-state index in [2.05, 4.69) is 5.32 Å². The number of nitrogens with zero attached hydrogens (tertiary/aromatic N) is 1. The summed E-state index contributed by atoms with van der Waals surface area (Å²) in [5, 5.41) is 2.53.